The molecule has 0 saturated heterocycles. The van der Waals surface area contributed by atoms with E-state index >= 15 is 0 Å². The second-order valence-corrected chi connectivity index (χ2v) is 5.19. The Morgan fingerprint density at radius 1 is 1.36 bits per heavy atom. The number of hydrogen-bond acceptors (Lipinski definition) is 5. The van der Waals surface area contributed by atoms with Crippen LogP contribution in [0.5, 0.6) is 5.75 Å². The first-order valence-electron chi connectivity index (χ1n) is 6.60. The zero-order chi connectivity index (χ0) is 16.3. The van der Waals surface area contributed by atoms with Gasteiger partial charge in [0.2, 0.25) is 5.78 Å². The number of rotatable bonds is 6. The van der Waals surface area contributed by atoms with Crippen LogP contribution in [0.3, 0.4) is 0 Å². The van der Waals surface area contributed by atoms with Gasteiger partial charge in [-0.15, -0.1) is 0 Å². The Bertz CT molecular complexity index is 641. The van der Waals surface area contributed by atoms with E-state index in [1.807, 2.05) is 0 Å². The van der Waals surface area contributed by atoms with E-state index in [2.05, 4.69) is 10.1 Å². The number of halogens is 2. The highest BCUT2D eigenvalue weighted by molar-refractivity contribution is 6.31. The third kappa shape index (κ3) is 3.57. The molecule has 0 spiro atoms. The van der Waals surface area contributed by atoms with E-state index in [0.717, 1.165) is 18.9 Å². The normalized spacial score (nSPS) is 14.5. The van der Waals surface area contributed by atoms with Crippen LogP contribution in [-0.2, 0) is 9.53 Å². The fraction of sp³-hybridized carbons (Fsp3) is 0.333. The SMILES string of the molecule is COC(=O)C(=CNC1CC1)C(=O)c1cc(F)c(Cl)cc1OC. The molecule has 1 aliphatic carbocycles. The maximum Gasteiger partial charge on any atom is 0.343 e. The molecule has 1 aliphatic rings. The van der Waals surface area contributed by atoms with E-state index in [4.69, 9.17) is 16.3 Å². The number of ether oxygens (including phenoxy) is 2. The Balaban J connectivity index is 2.39. The van der Waals surface area contributed by atoms with Crippen molar-refractivity contribution in [3.63, 3.8) is 0 Å². The Hall–Kier alpha value is -2.08. The van der Waals surface area contributed by atoms with Gasteiger partial charge in [-0.2, -0.15) is 0 Å². The lowest BCUT2D eigenvalue weighted by molar-refractivity contribution is -0.135. The topological polar surface area (TPSA) is 64.6 Å². The molecule has 0 heterocycles. The minimum absolute atomic E-state index is 0.0811. The van der Waals surface area contributed by atoms with Crippen molar-refractivity contribution in [1.29, 1.82) is 0 Å². The quantitative estimate of drug-likeness (QED) is 0.286. The molecule has 2 rings (SSSR count). The predicted molar refractivity (Wildman–Crippen MR) is 78.5 cm³/mol. The van der Waals surface area contributed by atoms with E-state index in [9.17, 15) is 14.0 Å². The monoisotopic (exact) mass is 327 g/mol. The van der Waals surface area contributed by atoms with Gasteiger partial charge in [0.25, 0.3) is 0 Å². The average molecular weight is 328 g/mol. The molecule has 0 atom stereocenters. The summed E-state index contributed by atoms with van der Waals surface area (Å²) >= 11 is 5.66. The summed E-state index contributed by atoms with van der Waals surface area (Å²) in [6.07, 6.45) is 3.24. The van der Waals surface area contributed by atoms with Crippen molar-refractivity contribution in [2.24, 2.45) is 0 Å². The maximum absolute atomic E-state index is 13.6. The summed E-state index contributed by atoms with van der Waals surface area (Å²) < 4.78 is 23.3. The van der Waals surface area contributed by atoms with Crippen LogP contribution < -0.4 is 10.1 Å². The van der Waals surface area contributed by atoms with Crippen molar-refractivity contribution in [1.82, 2.24) is 5.32 Å². The Morgan fingerprint density at radius 3 is 2.59 bits per heavy atom. The number of hydrogen-bond donors (Lipinski definition) is 1. The van der Waals surface area contributed by atoms with Gasteiger partial charge in [-0.25, -0.2) is 9.18 Å². The third-order valence-corrected chi connectivity index (χ3v) is 3.47. The van der Waals surface area contributed by atoms with Gasteiger partial charge >= 0.3 is 5.97 Å². The first-order valence-corrected chi connectivity index (χ1v) is 6.98. The largest absolute Gasteiger partial charge is 0.496 e. The third-order valence-electron chi connectivity index (χ3n) is 3.18. The summed E-state index contributed by atoms with van der Waals surface area (Å²) in [5, 5.41) is 2.77. The number of benzene rings is 1. The van der Waals surface area contributed by atoms with E-state index in [1.54, 1.807) is 0 Å². The van der Waals surface area contributed by atoms with Gasteiger partial charge in [0.15, 0.2) is 0 Å². The number of carbonyl (C=O) groups is 2. The average Bonchev–Trinajstić information content (AvgIpc) is 3.33. The molecule has 1 N–H and O–H groups in total. The first kappa shape index (κ1) is 16.3. The van der Waals surface area contributed by atoms with Crippen molar-refractivity contribution in [2.75, 3.05) is 14.2 Å². The molecule has 118 valence electrons. The molecular formula is C15H15ClFNO4. The number of Topliss-reactive ketones (excluding diaryl/α,β-unsaturated/α-hetero) is 1. The summed E-state index contributed by atoms with van der Waals surface area (Å²) in [4.78, 5) is 24.3. The maximum atomic E-state index is 13.6. The van der Waals surface area contributed by atoms with Gasteiger partial charge < -0.3 is 14.8 Å². The highest BCUT2D eigenvalue weighted by Crippen LogP contribution is 2.28. The molecule has 1 saturated carbocycles. The molecular weight excluding hydrogens is 313 g/mol. The van der Waals surface area contributed by atoms with Crippen molar-refractivity contribution in [3.8, 4) is 5.75 Å². The highest BCUT2D eigenvalue weighted by Gasteiger charge is 2.27. The van der Waals surface area contributed by atoms with E-state index in [-0.39, 0.29) is 28.0 Å². The van der Waals surface area contributed by atoms with Crippen LogP contribution in [0.15, 0.2) is 23.9 Å². The van der Waals surface area contributed by atoms with Crippen molar-refractivity contribution >= 4 is 23.4 Å². The molecule has 0 radical (unpaired) electrons. The zero-order valence-electron chi connectivity index (χ0n) is 12.1. The molecule has 0 amide bonds. The lowest BCUT2D eigenvalue weighted by Gasteiger charge is -2.10. The predicted octanol–water partition coefficient (Wildman–Crippen LogP) is 2.48. The fourth-order valence-corrected chi connectivity index (χ4v) is 1.95. The van der Waals surface area contributed by atoms with Gasteiger partial charge in [-0.3, -0.25) is 4.79 Å². The second kappa shape index (κ2) is 6.79. The smallest absolute Gasteiger partial charge is 0.343 e. The van der Waals surface area contributed by atoms with Gasteiger partial charge in [0, 0.05) is 18.3 Å². The fourth-order valence-electron chi connectivity index (χ4n) is 1.80. The Morgan fingerprint density at radius 2 is 2.05 bits per heavy atom. The molecule has 7 heteroatoms. The van der Waals surface area contributed by atoms with Gasteiger partial charge in [-0.1, -0.05) is 11.6 Å². The van der Waals surface area contributed by atoms with E-state index in [0.29, 0.717) is 0 Å². The van der Waals surface area contributed by atoms with E-state index in [1.165, 1.54) is 26.5 Å². The number of esters is 1. The minimum atomic E-state index is -0.810. The molecule has 1 aromatic carbocycles. The first-order chi connectivity index (χ1) is 10.5. The molecule has 0 unspecified atom stereocenters. The van der Waals surface area contributed by atoms with Crippen molar-refractivity contribution < 1.29 is 23.5 Å². The zero-order valence-corrected chi connectivity index (χ0v) is 12.9. The standard InChI is InChI=1S/C15H15ClFNO4/c1-21-13-6-11(16)12(17)5-9(13)14(19)10(15(20)22-2)7-18-8-3-4-8/h5-8,18H,3-4H2,1-2H3. The van der Waals surface area contributed by atoms with Crippen LogP contribution in [0.2, 0.25) is 5.02 Å². The van der Waals surface area contributed by atoms with Gasteiger partial charge in [0.1, 0.15) is 17.1 Å². The van der Waals surface area contributed by atoms with E-state index < -0.39 is 17.6 Å². The Kier molecular flexibility index (Phi) is 5.03. The summed E-state index contributed by atoms with van der Waals surface area (Å²) in [6.45, 7) is 0. The van der Waals surface area contributed by atoms with Crippen molar-refractivity contribution in [3.05, 3.63) is 40.3 Å². The molecule has 1 fully saturated rings. The highest BCUT2D eigenvalue weighted by atomic mass is 35.5. The number of methoxy groups -OCH3 is 2. The molecule has 5 nitrogen and oxygen atoms in total. The molecule has 1 aromatic rings. The van der Waals surface area contributed by atoms with Crippen LogP contribution in [0.25, 0.3) is 0 Å². The minimum Gasteiger partial charge on any atom is -0.496 e. The summed E-state index contributed by atoms with van der Waals surface area (Å²) in [6, 6.07) is 2.38. The van der Waals surface area contributed by atoms with Crippen LogP contribution in [-0.4, -0.2) is 32.0 Å². The number of carbonyl (C=O) groups excluding carboxylic acids is 2. The lowest BCUT2D eigenvalue weighted by atomic mass is 10.0. The molecule has 0 bridgehead atoms. The van der Waals surface area contributed by atoms with Crippen LogP contribution in [0, 0.1) is 5.82 Å². The van der Waals surface area contributed by atoms with Crippen LogP contribution >= 0.6 is 11.6 Å². The second-order valence-electron chi connectivity index (χ2n) is 4.79. The molecule has 0 aromatic heterocycles. The summed E-state index contributed by atoms with van der Waals surface area (Å²) in [7, 11) is 2.49. The Labute approximate surface area is 132 Å². The molecule has 0 aliphatic heterocycles. The van der Waals surface area contributed by atoms with Crippen LogP contribution in [0.4, 0.5) is 4.39 Å². The van der Waals surface area contributed by atoms with Crippen molar-refractivity contribution in [2.45, 2.75) is 18.9 Å². The lowest BCUT2D eigenvalue weighted by Crippen LogP contribution is -2.20. The van der Waals surface area contributed by atoms with Gasteiger partial charge in [-0.05, 0) is 18.9 Å². The summed E-state index contributed by atoms with van der Waals surface area (Å²) in [5.74, 6) is -2.20. The van der Waals surface area contributed by atoms with Crippen LogP contribution in [0.1, 0.15) is 23.2 Å². The number of nitrogens with one attached hydrogen (secondary N) is 1. The van der Waals surface area contributed by atoms with Gasteiger partial charge in [0.05, 0.1) is 24.8 Å². The summed E-state index contributed by atoms with van der Waals surface area (Å²) in [5.41, 5.74) is -0.326. The number of ketones is 1. The molecule has 22 heavy (non-hydrogen) atoms.